The molecule has 0 saturated heterocycles. The number of nitrogens with two attached hydrogens (primary N) is 1. The molecule has 0 aliphatic rings. The number of amides is 4. The molecule has 0 saturated carbocycles. The summed E-state index contributed by atoms with van der Waals surface area (Å²) < 4.78 is 0. The van der Waals surface area contributed by atoms with Gasteiger partial charge in [0.1, 0.15) is 35.7 Å². The molecule has 0 bridgehead atoms. The van der Waals surface area contributed by atoms with Crippen LogP contribution in [-0.2, 0) is 49.7 Å². The lowest BCUT2D eigenvalue weighted by Gasteiger charge is -2.26. The van der Waals surface area contributed by atoms with Gasteiger partial charge >= 0.3 is 5.97 Å². The summed E-state index contributed by atoms with van der Waals surface area (Å²) >= 11 is 0. The number of nitrogens with one attached hydrogen (secondary N) is 4. The van der Waals surface area contributed by atoms with Crippen molar-refractivity contribution in [1.82, 2.24) is 21.3 Å². The van der Waals surface area contributed by atoms with Crippen LogP contribution in [0.3, 0.4) is 0 Å². The van der Waals surface area contributed by atoms with Crippen LogP contribution in [0, 0.1) is 0 Å². The van der Waals surface area contributed by atoms with Crippen LogP contribution in [0.2, 0.25) is 0 Å². The molecule has 9 N–H and O–H groups in total. The average molecular weight is 710 g/mol. The maximum absolute atomic E-state index is 14.0. The van der Waals surface area contributed by atoms with Crippen LogP contribution in [0.1, 0.15) is 29.2 Å². The van der Waals surface area contributed by atoms with Crippen LogP contribution in [0.5, 0.6) is 11.5 Å². The van der Waals surface area contributed by atoms with E-state index in [1.165, 1.54) is 31.2 Å². The number of aliphatic carboxylic acids is 1. The molecule has 5 atom stereocenters. The van der Waals surface area contributed by atoms with Crippen molar-refractivity contribution in [3.63, 3.8) is 0 Å². The van der Waals surface area contributed by atoms with Crippen molar-refractivity contribution in [2.24, 2.45) is 5.73 Å². The molecular formula is C39H43N5O8. The first-order valence-electron chi connectivity index (χ1n) is 16.7. The van der Waals surface area contributed by atoms with Gasteiger partial charge in [-0.2, -0.15) is 0 Å². The Balaban J connectivity index is 1.59. The molecule has 52 heavy (non-hydrogen) atoms. The van der Waals surface area contributed by atoms with Gasteiger partial charge in [-0.15, -0.1) is 0 Å². The molecule has 0 radical (unpaired) electrons. The summed E-state index contributed by atoms with van der Waals surface area (Å²) in [5.74, 6) is -3.99. The predicted octanol–water partition coefficient (Wildman–Crippen LogP) is 1.74. The second kappa shape index (κ2) is 18.7. The fourth-order valence-electron chi connectivity index (χ4n) is 5.37. The lowest BCUT2D eigenvalue weighted by Crippen LogP contribution is -2.59. The molecule has 4 aromatic carbocycles. The number of carboxylic acids is 1. The van der Waals surface area contributed by atoms with E-state index < -0.39 is 59.8 Å². The molecule has 0 aromatic heterocycles. The zero-order valence-electron chi connectivity index (χ0n) is 28.6. The van der Waals surface area contributed by atoms with Gasteiger partial charge in [0.15, 0.2) is 0 Å². The van der Waals surface area contributed by atoms with Gasteiger partial charge in [0.05, 0.1) is 6.04 Å². The zero-order valence-corrected chi connectivity index (χ0v) is 28.6. The number of rotatable bonds is 17. The third kappa shape index (κ3) is 12.0. The standard InChI is InChI=1S/C39H43N5O8/c1-24(39(51)52)41-36(48)32(21-25-8-4-2-5-9-25)43-38(50)34(23-28-14-18-30(46)19-15-28)44-37(49)33(22-26-10-6-3-7-11-26)42-35(47)31(40)20-27-12-16-29(45)17-13-27/h2-19,24,31-34,45-46H,20-23,40H2,1H3,(H,41,48)(H,42,47)(H,43,50)(H,44,49)(H,51,52)/t24-,31-,32-,33-,34-/m1/s1. The molecule has 13 heteroatoms. The Kier molecular flexibility index (Phi) is 13.9. The summed E-state index contributed by atoms with van der Waals surface area (Å²) in [6.45, 7) is 1.30. The van der Waals surface area contributed by atoms with Crippen LogP contribution < -0.4 is 27.0 Å². The summed E-state index contributed by atoms with van der Waals surface area (Å²) in [6.07, 6.45) is 0.151. The van der Waals surface area contributed by atoms with Gasteiger partial charge in [0.25, 0.3) is 0 Å². The summed E-state index contributed by atoms with van der Waals surface area (Å²) in [5.41, 5.74) is 8.91. The first-order chi connectivity index (χ1) is 24.9. The molecule has 272 valence electrons. The van der Waals surface area contributed by atoms with Crippen molar-refractivity contribution in [3.05, 3.63) is 131 Å². The topological polar surface area (TPSA) is 220 Å². The van der Waals surface area contributed by atoms with Crippen molar-refractivity contribution >= 4 is 29.6 Å². The Morgan fingerprint density at radius 3 is 1.21 bits per heavy atom. The maximum Gasteiger partial charge on any atom is 0.325 e. The Morgan fingerprint density at radius 2 is 0.827 bits per heavy atom. The van der Waals surface area contributed by atoms with Crippen LogP contribution in [0.15, 0.2) is 109 Å². The molecule has 13 nitrogen and oxygen atoms in total. The lowest BCUT2D eigenvalue weighted by molar-refractivity contribution is -0.141. The number of phenolic OH excluding ortho intramolecular Hbond substituents is 2. The highest BCUT2D eigenvalue weighted by Gasteiger charge is 2.32. The number of hydrogen-bond donors (Lipinski definition) is 8. The van der Waals surface area contributed by atoms with Crippen LogP contribution in [-0.4, -0.2) is 75.1 Å². The highest BCUT2D eigenvalue weighted by atomic mass is 16.4. The number of carbonyl (C=O) groups is 5. The van der Waals surface area contributed by atoms with Crippen LogP contribution >= 0.6 is 0 Å². The van der Waals surface area contributed by atoms with Crippen molar-refractivity contribution in [3.8, 4) is 11.5 Å². The molecule has 0 fully saturated rings. The van der Waals surface area contributed by atoms with Crippen molar-refractivity contribution in [1.29, 1.82) is 0 Å². The second-order valence-corrected chi connectivity index (χ2v) is 12.5. The molecule has 0 aliphatic heterocycles. The quantitative estimate of drug-likeness (QED) is 0.0799. The van der Waals surface area contributed by atoms with Gasteiger partial charge in [-0.1, -0.05) is 84.9 Å². The van der Waals surface area contributed by atoms with Gasteiger partial charge < -0.3 is 42.3 Å². The monoisotopic (exact) mass is 709 g/mol. The second-order valence-electron chi connectivity index (χ2n) is 12.5. The van der Waals surface area contributed by atoms with Crippen LogP contribution in [0.25, 0.3) is 0 Å². The van der Waals surface area contributed by atoms with Gasteiger partial charge in [-0.3, -0.25) is 24.0 Å². The first kappa shape index (κ1) is 38.6. The number of carbonyl (C=O) groups excluding carboxylic acids is 4. The van der Waals surface area contributed by atoms with Crippen molar-refractivity contribution in [2.75, 3.05) is 0 Å². The van der Waals surface area contributed by atoms with E-state index in [0.717, 1.165) is 5.56 Å². The van der Waals surface area contributed by atoms with E-state index in [4.69, 9.17) is 5.73 Å². The van der Waals surface area contributed by atoms with E-state index in [1.807, 2.05) is 6.07 Å². The maximum atomic E-state index is 14.0. The van der Waals surface area contributed by atoms with Gasteiger partial charge in [0, 0.05) is 19.3 Å². The highest BCUT2D eigenvalue weighted by molar-refractivity contribution is 5.95. The Labute approximate surface area is 301 Å². The van der Waals surface area contributed by atoms with Gasteiger partial charge in [-0.05, 0) is 59.9 Å². The average Bonchev–Trinajstić information content (AvgIpc) is 3.13. The van der Waals surface area contributed by atoms with E-state index in [-0.39, 0.29) is 37.2 Å². The minimum absolute atomic E-state index is 0.00443. The molecule has 0 unspecified atom stereocenters. The molecule has 0 spiro atoms. The molecule has 0 heterocycles. The number of benzene rings is 4. The Bertz CT molecular complexity index is 1800. The smallest absolute Gasteiger partial charge is 0.325 e. The fourth-order valence-corrected chi connectivity index (χ4v) is 5.37. The molecule has 4 rings (SSSR count). The normalized spacial score (nSPS) is 13.7. The highest BCUT2D eigenvalue weighted by Crippen LogP contribution is 2.14. The summed E-state index contributed by atoms with van der Waals surface area (Å²) in [7, 11) is 0. The lowest BCUT2D eigenvalue weighted by atomic mass is 10.00. The van der Waals surface area contributed by atoms with Crippen molar-refractivity contribution < 1.29 is 39.3 Å². The van der Waals surface area contributed by atoms with E-state index in [1.54, 1.807) is 78.9 Å². The number of hydrogen-bond acceptors (Lipinski definition) is 8. The molecule has 0 aliphatic carbocycles. The zero-order chi connectivity index (χ0) is 37.6. The molecule has 4 aromatic rings. The third-order valence-electron chi connectivity index (χ3n) is 8.30. The minimum Gasteiger partial charge on any atom is -0.508 e. The number of carboxylic acid groups (broad SMARTS) is 1. The predicted molar refractivity (Wildman–Crippen MR) is 193 cm³/mol. The SMILES string of the molecule is C[C@@H](NC(=O)[C@@H](Cc1ccccc1)NC(=O)[C@@H](Cc1ccc(O)cc1)NC(=O)[C@@H](Cc1ccccc1)NC(=O)[C@H](N)Cc1ccc(O)cc1)C(=O)O. The Morgan fingerprint density at radius 1 is 0.500 bits per heavy atom. The van der Waals surface area contributed by atoms with Gasteiger partial charge in [0.2, 0.25) is 23.6 Å². The minimum atomic E-state index is -1.28. The van der Waals surface area contributed by atoms with E-state index in [2.05, 4.69) is 21.3 Å². The number of aromatic hydroxyl groups is 2. The largest absolute Gasteiger partial charge is 0.508 e. The number of phenols is 2. The first-order valence-corrected chi connectivity index (χ1v) is 16.7. The fraction of sp³-hybridized carbons (Fsp3) is 0.256. The summed E-state index contributed by atoms with van der Waals surface area (Å²) in [5, 5.41) is 39.4. The van der Waals surface area contributed by atoms with E-state index >= 15 is 0 Å². The summed E-state index contributed by atoms with van der Waals surface area (Å²) in [4.78, 5) is 66.2. The van der Waals surface area contributed by atoms with Crippen molar-refractivity contribution in [2.45, 2.75) is 62.8 Å². The summed E-state index contributed by atoms with van der Waals surface area (Å²) in [6, 6.07) is 24.1. The van der Waals surface area contributed by atoms with E-state index in [0.29, 0.717) is 16.7 Å². The van der Waals surface area contributed by atoms with E-state index in [9.17, 15) is 39.3 Å². The third-order valence-corrected chi connectivity index (χ3v) is 8.30. The molecular weight excluding hydrogens is 666 g/mol. The molecule has 4 amide bonds. The Hall–Kier alpha value is -6.21. The van der Waals surface area contributed by atoms with Crippen LogP contribution in [0.4, 0.5) is 0 Å². The van der Waals surface area contributed by atoms with Gasteiger partial charge in [-0.25, -0.2) is 0 Å².